The summed E-state index contributed by atoms with van der Waals surface area (Å²) in [6.07, 6.45) is 7.14. The molecule has 0 aliphatic carbocycles. The molecule has 0 radical (unpaired) electrons. The Labute approximate surface area is 103 Å². The molecule has 1 N–H and O–H groups in total. The highest BCUT2D eigenvalue weighted by atomic mass is 16.5. The topological polar surface area (TPSA) is 35.4 Å². The second-order valence-electron chi connectivity index (χ2n) is 4.52. The molecule has 0 saturated carbocycles. The zero-order valence-corrected chi connectivity index (χ0v) is 10.5. The van der Waals surface area contributed by atoms with E-state index in [0.29, 0.717) is 6.10 Å². The first-order valence-corrected chi connectivity index (χ1v) is 6.34. The first kappa shape index (κ1) is 12.6. The van der Waals surface area contributed by atoms with Crippen molar-refractivity contribution in [1.29, 1.82) is 0 Å². The average Bonchev–Trinajstić information content (AvgIpc) is 2.97. The van der Waals surface area contributed by atoms with Crippen LogP contribution in [0.5, 0.6) is 0 Å². The molecule has 2 rings (SSSR count). The van der Waals surface area contributed by atoms with E-state index in [4.69, 9.17) is 9.47 Å². The largest absolute Gasteiger partial charge is 0.383 e. The lowest BCUT2D eigenvalue weighted by atomic mass is 10.2. The van der Waals surface area contributed by atoms with Crippen molar-refractivity contribution in [3.8, 4) is 0 Å². The summed E-state index contributed by atoms with van der Waals surface area (Å²) in [6, 6.07) is 2.16. The number of rotatable bonds is 7. The Morgan fingerprint density at radius 3 is 3.29 bits per heavy atom. The van der Waals surface area contributed by atoms with Gasteiger partial charge in [-0.2, -0.15) is 0 Å². The Kier molecular flexibility index (Phi) is 5.04. The van der Waals surface area contributed by atoms with Crippen LogP contribution in [-0.2, 0) is 22.6 Å². The molecule has 1 fully saturated rings. The molecule has 1 aliphatic heterocycles. The van der Waals surface area contributed by atoms with Crippen LogP contribution in [0, 0.1) is 0 Å². The van der Waals surface area contributed by atoms with Crippen molar-refractivity contribution in [2.75, 3.05) is 26.9 Å². The minimum absolute atomic E-state index is 0.414. The van der Waals surface area contributed by atoms with Crippen molar-refractivity contribution in [2.45, 2.75) is 32.0 Å². The van der Waals surface area contributed by atoms with Crippen LogP contribution in [0.15, 0.2) is 18.5 Å². The Morgan fingerprint density at radius 1 is 1.59 bits per heavy atom. The Hall–Kier alpha value is -0.840. The number of aromatic nitrogens is 1. The van der Waals surface area contributed by atoms with Gasteiger partial charge in [-0.15, -0.1) is 0 Å². The highest BCUT2D eigenvalue weighted by molar-refractivity contribution is 5.10. The minimum Gasteiger partial charge on any atom is -0.383 e. The van der Waals surface area contributed by atoms with Gasteiger partial charge in [0.1, 0.15) is 0 Å². The molecule has 2 heterocycles. The average molecular weight is 238 g/mol. The van der Waals surface area contributed by atoms with E-state index in [9.17, 15) is 0 Å². The van der Waals surface area contributed by atoms with Crippen LogP contribution >= 0.6 is 0 Å². The predicted octanol–water partition coefficient (Wildman–Crippen LogP) is 1.40. The third-order valence-electron chi connectivity index (χ3n) is 3.06. The molecule has 0 amide bonds. The SMILES string of the molecule is COCCNCc1ccn(CC2CCCO2)c1. The summed E-state index contributed by atoms with van der Waals surface area (Å²) in [5.41, 5.74) is 1.32. The second-order valence-corrected chi connectivity index (χ2v) is 4.52. The lowest BCUT2D eigenvalue weighted by Gasteiger charge is -2.09. The summed E-state index contributed by atoms with van der Waals surface area (Å²) in [5.74, 6) is 0. The summed E-state index contributed by atoms with van der Waals surface area (Å²) in [7, 11) is 1.72. The van der Waals surface area contributed by atoms with Gasteiger partial charge in [-0.25, -0.2) is 0 Å². The molecule has 1 aromatic rings. The number of nitrogens with zero attached hydrogens (tertiary/aromatic N) is 1. The van der Waals surface area contributed by atoms with Gasteiger partial charge in [-0.1, -0.05) is 0 Å². The molecular weight excluding hydrogens is 216 g/mol. The second kappa shape index (κ2) is 6.79. The van der Waals surface area contributed by atoms with Gasteiger partial charge < -0.3 is 19.4 Å². The fourth-order valence-electron chi connectivity index (χ4n) is 2.14. The van der Waals surface area contributed by atoms with Gasteiger partial charge in [0.05, 0.1) is 12.7 Å². The van der Waals surface area contributed by atoms with E-state index >= 15 is 0 Å². The van der Waals surface area contributed by atoms with Gasteiger partial charge in [0, 0.05) is 45.7 Å². The van der Waals surface area contributed by atoms with Crippen LogP contribution in [0.2, 0.25) is 0 Å². The van der Waals surface area contributed by atoms with E-state index in [1.165, 1.54) is 18.4 Å². The quantitative estimate of drug-likeness (QED) is 0.729. The van der Waals surface area contributed by atoms with Crippen LogP contribution in [0.4, 0.5) is 0 Å². The summed E-state index contributed by atoms with van der Waals surface area (Å²) < 4.78 is 12.8. The van der Waals surface area contributed by atoms with Crippen molar-refractivity contribution >= 4 is 0 Å². The van der Waals surface area contributed by atoms with Crippen LogP contribution in [0.25, 0.3) is 0 Å². The summed E-state index contributed by atoms with van der Waals surface area (Å²) in [5, 5.41) is 3.34. The van der Waals surface area contributed by atoms with Crippen molar-refractivity contribution in [1.82, 2.24) is 9.88 Å². The lowest BCUT2D eigenvalue weighted by Crippen LogP contribution is -2.18. The molecule has 1 saturated heterocycles. The zero-order chi connectivity index (χ0) is 11.9. The molecular formula is C13H22N2O2. The molecule has 1 aliphatic rings. The Bertz CT molecular complexity index is 319. The fraction of sp³-hybridized carbons (Fsp3) is 0.692. The molecule has 0 bridgehead atoms. The highest BCUT2D eigenvalue weighted by Gasteiger charge is 2.15. The summed E-state index contributed by atoms with van der Waals surface area (Å²) in [4.78, 5) is 0. The Balaban J connectivity index is 1.71. The smallest absolute Gasteiger partial charge is 0.0754 e. The van der Waals surface area contributed by atoms with Crippen molar-refractivity contribution in [3.63, 3.8) is 0 Å². The number of hydrogen-bond donors (Lipinski definition) is 1. The van der Waals surface area contributed by atoms with Crippen LogP contribution in [0.1, 0.15) is 18.4 Å². The molecule has 4 nitrogen and oxygen atoms in total. The monoisotopic (exact) mass is 238 g/mol. The van der Waals surface area contributed by atoms with E-state index in [1.54, 1.807) is 7.11 Å². The van der Waals surface area contributed by atoms with E-state index in [0.717, 1.165) is 32.8 Å². The molecule has 96 valence electrons. The number of hydrogen-bond acceptors (Lipinski definition) is 3. The van der Waals surface area contributed by atoms with Crippen LogP contribution in [-0.4, -0.2) is 37.5 Å². The van der Waals surface area contributed by atoms with Crippen LogP contribution in [0.3, 0.4) is 0 Å². The normalized spacial score (nSPS) is 19.9. The van der Waals surface area contributed by atoms with Gasteiger partial charge in [0.2, 0.25) is 0 Å². The molecule has 1 unspecified atom stereocenters. The molecule has 1 aromatic heterocycles. The maximum absolute atomic E-state index is 5.63. The molecule has 1 atom stereocenters. The van der Waals surface area contributed by atoms with E-state index in [1.807, 2.05) is 0 Å². The van der Waals surface area contributed by atoms with Gasteiger partial charge in [-0.05, 0) is 24.5 Å². The fourth-order valence-corrected chi connectivity index (χ4v) is 2.14. The first-order chi connectivity index (χ1) is 8.38. The van der Waals surface area contributed by atoms with E-state index in [-0.39, 0.29) is 0 Å². The predicted molar refractivity (Wildman–Crippen MR) is 67.0 cm³/mol. The van der Waals surface area contributed by atoms with Crippen molar-refractivity contribution in [3.05, 3.63) is 24.0 Å². The van der Waals surface area contributed by atoms with E-state index < -0.39 is 0 Å². The minimum atomic E-state index is 0.414. The maximum Gasteiger partial charge on any atom is 0.0754 e. The third-order valence-corrected chi connectivity index (χ3v) is 3.06. The lowest BCUT2D eigenvalue weighted by molar-refractivity contribution is 0.0971. The van der Waals surface area contributed by atoms with Gasteiger partial charge >= 0.3 is 0 Å². The van der Waals surface area contributed by atoms with Gasteiger partial charge in [0.25, 0.3) is 0 Å². The standard InChI is InChI=1S/C13H22N2O2/c1-16-8-5-14-9-12-4-6-15(10-12)11-13-3-2-7-17-13/h4,6,10,13-14H,2-3,5,7-9,11H2,1H3. The molecule has 17 heavy (non-hydrogen) atoms. The summed E-state index contributed by atoms with van der Waals surface area (Å²) >= 11 is 0. The van der Waals surface area contributed by atoms with Gasteiger partial charge in [0.15, 0.2) is 0 Å². The Morgan fingerprint density at radius 2 is 2.53 bits per heavy atom. The molecule has 0 spiro atoms. The number of nitrogens with one attached hydrogen (secondary N) is 1. The molecule has 4 heteroatoms. The third kappa shape index (κ3) is 4.15. The molecule has 0 aromatic carbocycles. The maximum atomic E-state index is 5.63. The zero-order valence-electron chi connectivity index (χ0n) is 10.5. The number of ether oxygens (including phenoxy) is 2. The summed E-state index contributed by atoms with van der Waals surface area (Å²) in [6.45, 7) is 4.47. The van der Waals surface area contributed by atoms with Crippen molar-refractivity contribution < 1.29 is 9.47 Å². The van der Waals surface area contributed by atoms with Gasteiger partial charge in [-0.3, -0.25) is 0 Å². The number of methoxy groups -OCH3 is 1. The first-order valence-electron chi connectivity index (χ1n) is 6.34. The highest BCUT2D eigenvalue weighted by Crippen LogP contribution is 2.14. The van der Waals surface area contributed by atoms with Crippen LogP contribution < -0.4 is 5.32 Å². The van der Waals surface area contributed by atoms with Crippen molar-refractivity contribution in [2.24, 2.45) is 0 Å². The van der Waals surface area contributed by atoms with E-state index in [2.05, 4.69) is 28.3 Å².